The molecular formula is C15H17N. The molecule has 2 rings (SSSR count). The minimum Gasteiger partial charge on any atom is -0.264 e. The summed E-state index contributed by atoms with van der Waals surface area (Å²) in [6.07, 6.45) is 3.73. The SMILES string of the molecule is CC(C)(C)c1ccccc1-c1cccnc1. The van der Waals surface area contributed by atoms with Gasteiger partial charge in [0.2, 0.25) is 0 Å². The Hall–Kier alpha value is -1.63. The van der Waals surface area contributed by atoms with Crippen LogP contribution in [-0.4, -0.2) is 4.98 Å². The Kier molecular flexibility index (Phi) is 2.78. The summed E-state index contributed by atoms with van der Waals surface area (Å²) >= 11 is 0. The molecule has 1 nitrogen and oxygen atoms in total. The van der Waals surface area contributed by atoms with Crippen LogP contribution in [0.25, 0.3) is 11.1 Å². The summed E-state index contributed by atoms with van der Waals surface area (Å²) in [5, 5.41) is 0. The first-order valence-corrected chi connectivity index (χ1v) is 5.59. The van der Waals surface area contributed by atoms with E-state index < -0.39 is 0 Å². The molecular weight excluding hydrogens is 194 g/mol. The molecule has 2 aromatic rings. The molecule has 0 aliphatic carbocycles. The maximum absolute atomic E-state index is 4.18. The van der Waals surface area contributed by atoms with Gasteiger partial charge in [-0.2, -0.15) is 0 Å². The van der Waals surface area contributed by atoms with Gasteiger partial charge in [0.25, 0.3) is 0 Å². The highest BCUT2D eigenvalue weighted by atomic mass is 14.6. The Morgan fingerprint density at radius 3 is 2.31 bits per heavy atom. The van der Waals surface area contributed by atoms with Crippen LogP contribution in [0, 0.1) is 0 Å². The topological polar surface area (TPSA) is 12.9 Å². The van der Waals surface area contributed by atoms with Gasteiger partial charge in [-0.3, -0.25) is 4.98 Å². The summed E-state index contributed by atoms with van der Waals surface area (Å²) in [6.45, 7) is 6.71. The molecule has 1 heteroatoms. The van der Waals surface area contributed by atoms with Gasteiger partial charge in [0.1, 0.15) is 0 Å². The Morgan fingerprint density at radius 1 is 0.938 bits per heavy atom. The first kappa shape index (κ1) is 10.9. The molecule has 0 N–H and O–H groups in total. The van der Waals surface area contributed by atoms with E-state index in [0.717, 1.165) is 0 Å². The second-order valence-electron chi connectivity index (χ2n) is 5.04. The molecule has 0 bridgehead atoms. The smallest absolute Gasteiger partial charge is 0.0346 e. The molecule has 16 heavy (non-hydrogen) atoms. The quantitative estimate of drug-likeness (QED) is 0.693. The summed E-state index contributed by atoms with van der Waals surface area (Å²) in [5.74, 6) is 0. The van der Waals surface area contributed by atoms with Crippen LogP contribution >= 0.6 is 0 Å². The number of aromatic nitrogens is 1. The van der Waals surface area contributed by atoms with Gasteiger partial charge in [0.15, 0.2) is 0 Å². The molecule has 1 heterocycles. The van der Waals surface area contributed by atoms with E-state index in [-0.39, 0.29) is 5.41 Å². The molecule has 0 unspecified atom stereocenters. The number of pyridine rings is 1. The molecule has 82 valence electrons. The molecule has 0 fully saturated rings. The van der Waals surface area contributed by atoms with Crippen LogP contribution in [0.4, 0.5) is 0 Å². The van der Waals surface area contributed by atoms with Crippen molar-refractivity contribution in [1.82, 2.24) is 4.98 Å². The van der Waals surface area contributed by atoms with E-state index in [1.54, 1.807) is 0 Å². The summed E-state index contributed by atoms with van der Waals surface area (Å²) in [5.41, 5.74) is 3.99. The fourth-order valence-corrected chi connectivity index (χ4v) is 1.91. The molecule has 0 aliphatic heterocycles. The van der Waals surface area contributed by atoms with Crippen LogP contribution < -0.4 is 0 Å². The highest BCUT2D eigenvalue weighted by Crippen LogP contribution is 2.32. The third-order valence-corrected chi connectivity index (χ3v) is 2.71. The van der Waals surface area contributed by atoms with Gasteiger partial charge in [0.05, 0.1) is 0 Å². The highest BCUT2D eigenvalue weighted by molar-refractivity contribution is 5.67. The van der Waals surface area contributed by atoms with Crippen molar-refractivity contribution in [1.29, 1.82) is 0 Å². The van der Waals surface area contributed by atoms with Gasteiger partial charge in [-0.25, -0.2) is 0 Å². The lowest BCUT2D eigenvalue weighted by atomic mass is 9.82. The molecule has 0 aliphatic rings. The first-order chi connectivity index (χ1) is 7.59. The van der Waals surface area contributed by atoms with Crippen molar-refractivity contribution in [2.75, 3.05) is 0 Å². The standard InChI is InChI=1S/C15H17N/c1-15(2,3)14-9-5-4-8-13(14)12-7-6-10-16-11-12/h4-11H,1-3H3. The zero-order valence-electron chi connectivity index (χ0n) is 10.1. The normalized spacial score (nSPS) is 11.4. The first-order valence-electron chi connectivity index (χ1n) is 5.59. The van der Waals surface area contributed by atoms with Crippen molar-refractivity contribution in [3.8, 4) is 11.1 Å². The van der Waals surface area contributed by atoms with Gasteiger partial charge in [0, 0.05) is 18.0 Å². The van der Waals surface area contributed by atoms with Gasteiger partial charge in [-0.15, -0.1) is 0 Å². The van der Waals surface area contributed by atoms with Crippen LogP contribution in [-0.2, 0) is 5.41 Å². The summed E-state index contributed by atoms with van der Waals surface area (Å²) < 4.78 is 0. The minimum absolute atomic E-state index is 0.159. The van der Waals surface area contributed by atoms with Gasteiger partial charge >= 0.3 is 0 Å². The molecule has 0 saturated heterocycles. The van der Waals surface area contributed by atoms with Crippen LogP contribution in [0.2, 0.25) is 0 Å². The molecule has 0 amide bonds. The monoisotopic (exact) mass is 211 g/mol. The van der Waals surface area contributed by atoms with E-state index in [1.165, 1.54) is 16.7 Å². The van der Waals surface area contributed by atoms with Crippen LogP contribution in [0.1, 0.15) is 26.3 Å². The fraction of sp³-hybridized carbons (Fsp3) is 0.267. The van der Waals surface area contributed by atoms with Crippen molar-refractivity contribution in [3.63, 3.8) is 0 Å². The third-order valence-electron chi connectivity index (χ3n) is 2.71. The van der Waals surface area contributed by atoms with E-state index in [9.17, 15) is 0 Å². The Bertz CT molecular complexity index is 466. The summed E-state index contributed by atoms with van der Waals surface area (Å²) in [4.78, 5) is 4.18. The fourth-order valence-electron chi connectivity index (χ4n) is 1.91. The van der Waals surface area contributed by atoms with Crippen molar-refractivity contribution in [2.45, 2.75) is 26.2 Å². The van der Waals surface area contributed by atoms with Gasteiger partial charge in [-0.05, 0) is 22.6 Å². The van der Waals surface area contributed by atoms with Crippen molar-refractivity contribution >= 4 is 0 Å². The van der Waals surface area contributed by atoms with Gasteiger partial charge < -0.3 is 0 Å². The van der Waals surface area contributed by atoms with E-state index >= 15 is 0 Å². The molecule has 0 spiro atoms. The van der Waals surface area contributed by atoms with E-state index in [1.807, 2.05) is 18.5 Å². The van der Waals surface area contributed by atoms with Crippen LogP contribution in [0.3, 0.4) is 0 Å². The molecule has 0 saturated carbocycles. The van der Waals surface area contributed by atoms with Crippen LogP contribution in [0.15, 0.2) is 48.8 Å². The van der Waals surface area contributed by atoms with Crippen molar-refractivity contribution in [2.24, 2.45) is 0 Å². The van der Waals surface area contributed by atoms with E-state index in [4.69, 9.17) is 0 Å². The molecule has 1 aromatic carbocycles. The van der Waals surface area contributed by atoms with E-state index in [2.05, 4.69) is 56.1 Å². The zero-order valence-corrected chi connectivity index (χ0v) is 10.1. The maximum Gasteiger partial charge on any atom is 0.0346 e. The van der Waals surface area contributed by atoms with Crippen molar-refractivity contribution in [3.05, 3.63) is 54.4 Å². The molecule has 0 radical (unpaired) electrons. The number of rotatable bonds is 1. The lowest BCUT2D eigenvalue weighted by molar-refractivity contribution is 0.592. The lowest BCUT2D eigenvalue weighted by Gasteiger charge is -2.22. The highest BCUT2D eigenvalue weighted by Gasteiger charge is 2.17. The Morgan fingerprint density at radius 2 is 1.69 bits per heavy atom. The number of hydrogen-bond acceptors (Lipinski definition) is 1. The molecule has 1 aromatic heterocycles. The third kappa shape index (κ3) is 2.13. The minimum atomic E-state index is 0.159. The van der Waals surface area contributed by atoms with E-state index in [0.29, 0.717) is 0 Å². The predicted molar refractivity (Wildman–Crippen MR) is 68.4 cm³/mol. The maximum atomic E-state index is 4.18. The Balaban J connectivity index is 2.58. The average Bonchev–Trinajstić information content (AvgIpc) is 2.29. The van der Waals surface area contributed by atoms with Crippen molar-refractivity contribution < 1.29 is 0 Å². The second-order valence-corrected chi connectivity index (χ2v) is 5.04. The summed E-state index contributed by atoms with van der Waals surface area (Å²) in [7, 11) is 0. The summed E-state index contributed by atoms with van der Waals surface area (Å²) in [6, 6.07) is 12.6. The predicted octanol–water partition coefficient (Wildman–Crippen LogP) is 4.05. The largest absolute Gasteiger partial charge is 0.264 e. The number of hydrogen-bond donors (Lipinski definition) is 0. The van der Waals surface area contributed by atoms with Crippen LogP contribution in [0.5, 0.6) is 0 Å². The van der Waals surface area contributed by atoms with Gasteiger partial charge in [-0.1, -0.05) is 51.1 Å². The number of nitrogens with zero attached hydrogens (tertiary/aromatic N) is 1. The average molecular weight is 211 g/mol. The lowest BCUT2D eigenvalue weighted by Crippen LogP contribution is -2.12. The Labute approximate surface area is 97.2 Å². The molecule has 0 atom stereocenters. The zero-order chi connectivity index (χ0) is 11.6. The number of benzene rings is 1. The second kappa shape index (κ2) is 4.09.